The molecule has 236 valence electrons. The lowest BCUT2D eigenvalue weighted by atomic mass is 9.86. The van der Waals surface area contributed by atoms with Crippen molar-refractivity contribution in [3.63, 3.8) is 0 Å². The lowest BCUT2D eigenvalue weighted by Crippen LogP contribution is -2.63. The molecule has 4 aromatic heterocycles. The summed E-state index contributed by atoms with van der Waals surface area (Å²) in [4.78, 5) is 39.7. The van der Waals surface area contributed by atoms with Crippen molar-refractivity contribution in [2.75, 3.05) is 49.1 Å². The lowest BCUT2D eigenvalue weighted by Gasteiger charge is -2.51. The molecule has 1 amide bonds. The molecule has 12 nitrogen and oxygen atoms in total. The van der Waals surface area contributed by atoms with Gasteiger partial charge in [0.2, 0.25) is 5.82 Å². The van der Waals surface area contributed by atoms with E-state index in [-0.39, 0.29) is 22.8 Å². The number of amides is 1. The highest BCUT2D eigenvalue weighted by Crippen LogP contribution is 2.41. The lowest BCUT2D eigenvalue weighted by molar-refractivity contribution is -0.141. The Morgan fingerprint density at radius 2 is 1.78 bits per heavy atom. The van der Waals surface area contributed by atoms with Crippen LogP contribution in [0.25, 0.3) is 5.65 Å². The molecular weight excluding hydrogens is 591 g/mol. The van der Waals surface area contributed by atoms with Gasteiger partial charge in [-0.1, -0.05) is 13.0 Å². The monoisotopic (exact) mass is 623 g/mol. The van der Waals surface area contributed by atoms with Crippen LogP contribution in [-0.2, 0) is 11.7 Å². The number of hydrogen-bond donors (Lipinski definition) is 1. The molecule has 7 heterocycles. The van der Waals surface area contributed by atoms with Gasteiger partial charge in [-0.25, -0.2) is 19.3 Å². The van der Waals surface area contributed by atoms with Crippen molar-refractivity contribution in [2.24, 2.45) is 5.41 Å². The number of aromatic carboxylic acids is 1. The molecule has 3 saturated heterocycles. The van der Waals surface area contributed by atoms with E-state index in [0.717, 1.165) is 36.7 Å². The Bertz CT molecular complexity index is 1810. The Morgan fingerprint density at radius 3 is 2.49 bits per heavy atom. The normalized spacial score (nSPS) is 21.2. The largest absolute Gasteiger partial charge is 0.477 e. The van der Waals surface area contributed by atoms with E-state index in [1.807, 2.05) is 26.0 Å². The molecule has 1 N–H and O–H groups in total. The van der Waals surface area contributed by atoms with Crippen LogP contribution < -0.4 is 9.80 Å². The van der Waals surface area contributed by atoms with Gasteiger partial charge in [-0.2, -0.15) is 18.3 Å². The minimum Gasteiger partial charge on any atom is -0.477 e. The quantitative estimate of drug-likeness (QED) is 0.342. The molecule has 0 radical (unpaired) electrons. The fourth-order valence-electron chi connectivity index (χ4n) is 6.94. The number of nitrogens with zero attached hydrogens (tertiary/aromatic N) is 9. The van der Waals surface area contributed by atoms with Gasteiger partial charge >= 0.3 is 12.1 Å². The molecule has 1 spiro atoms. The van der Waals surface area contributed by atoms with Crippen LogP contribution in [0.3, 0.4) is 0 Å². The highest BCUT2D eigenvalue weighted by Gasteiger charge is 2.47. The molecule has 0 saturated carbocycles. The van der Waals surface area contributed by atoms with Crippen LogP contribution in [0.2, 0.25) is 0 Å². The van der Waals surface area contributed by atoms with E-state index in [1.54, 1.807) is 21.7 Å². The van der Waals surface area contributed by atoms with Crippen LogP contribution in [-0.4, -0.2) is 90.5 Å². The summed E-state index contributed by atoms with van der Waals surface area (Å²) >= 11 is 0. The molecule has 4 aromatic rings. The van der Waals surface area contributed by atoms with Crippen LogP contribution in [0.5, 0.6) is 0 Å². The molecule has 3 fully saturated rings. The number of rotatable bonds is 6. The summed E-state index contributed by atoms with van der Waals surface area (Å²) in [7, 11) is 0. The Morgan fingerprint density at radius 1 is 1.00 bits per heavy atom. The predicted molar refractivity (Wildman–Crippen MR) is 156 cm³/mol. The van der Waals surface area contributed by atoms with Gasteiger partial charge in [0.05, 0.1) is 17.4 Å². The number of likely N-dealkylation sites (tertiary alicyclic amines) is 1. The van der Waals surface area contributed by atoms with E-state index in [4.69, 9.17) is 0 Å². The minimum absolute atomic E-state index is 0.00396. The first-order chi connectivity index (χ1) is 21.4. The summed E-state index contributed by atoms with van der Waals surface area (Å²) in [5.41, 5.74) is 0.669. The summed E-state index contributed by atoms with van der Waals surface area (Å²) < 4.78 is 42.5. The number of aryl methyl sites for hydroxylation is 1. The number of carbonyl (C=O) groups excluding carboxylic acids is 1. The number of fused-ring (bicyclic) bond motifs is 1. The van der Waals surface area contributed by atoms with Crippen LogP contribution in [0.4, 0.5) is 24.7 Å². The third-order valence-electron chi connectivity index (χ3n) is 9.59. The first-order valence-corrected chi connectivity index (χ1v) is 14.9. The molecule has 0 unspecified atom stereocenters. The molecule has 45 heavy (non-hydrogen) atoms. The van der Waals surface area contributed by atoms with Crippen molar-refractivity contribution in [1.29, 1.82) is 0 Å². The smallest absolute Gasteiger partial charge is 0.435 e. The number of carbonyl (C=O) groups is 2. The zero-order valence-corrected chi connectivity index (χ0v) is 24.8. The van der Waals surface area contributed by atoms with Crippen LogP contribution >= 0.6 is 0 Å². The van der Waals surface area contributed by atoms with Crippen molar-refractivity contribution in [2.45, 2.75) is 44.8 Å². The summed E-state index contributed by atoms with van der Waals surface area (Å²) in [6, 6.07) is 7.93. The zero-order valence-electron chi connectivity index (χ0n) is 24.8. The van der Waals surface area contributed by atoms with Gasteiger partial charge in [-0.05, 0) is 56.0 Å². The van der Waals surface area contributed by atoms with Crippen molar-refractivity contribution in [1.82, 2.24) is 34.3 Å². The second-order valence-electron chi connectivity index (χ2n) is 12.5. The van der Waals surface area contributed by atoms with E-state index < -0.39 is 23.4 Å². The topological polar surface area (TPSA) is 125 Å². The molecule has 1 atom stereocenters. The Balaban J connectivity index is 1.04. The second-order valence-corrected chi connectivity index (χ2v) is 12.5. The molecule has 7 rings (SSSR count). The number of alkyl halides is 3. The summed E-state index contributed by atoms with van der Waals surface area (Å²) in [5, 5.41) is 17.7. The van der Waals surface area contributed by atoms with E-state index in [9.17, 15) is 27.9 Å². The summed E-state index contributed by atoms with van der Waals surface area (Å²) in [5.74, 6) is -0.574. The number of anilines is 2. The first-order valence-electron chi connectivity index (χ1n) is 14.9. The number of carboxylic acid groups (broad SMARTS) is 1. The Labute approximate surface area is 256 Å². The molecule has 0 aliphatic carbocycles. The maximum atomic E-state index is 13.6. The summed E-state index contributed by atoms with van der Waals surface area (Å²) in [6.07, 6.45) is 1.00. The third kappa shape index (κ3) is 4.93. The van der Waals surface area contributed by atoms with Crippen LogP contribution in [0.1, 0.15) is 58.6 Å². The predicted octanol–water partition coefficient (Wildman–Crippen LogP) is 3.71. The SMILES string of the molecule is CCC1(n2ccc(C(F)(F)F)n2)CN(c2cc(C)c3nc(C(=O)N4CC[C@@]5(CCN(c6cccc(C(=O)O)n6)C5)C4)nn3c2)C1. The van der Waals surface area contributed by atoms with E-state index in [2.05, 4.69) is 30.0 Å². The average molecular weight is 624 g/mol. The van der Waals surface area contributed by atoms with Crippen molar-refractivity contribution in [3.8, 4) is 0 Å². The molecular formula is C30H32F3N9O3. The van der Waals surface area contributed by atoms with Gasteiger partial charge in [-0.15, -0.1) is 5.10 Å². The molecule has 0 aromatic carbocycles. The van der Waals surface area contributed by atoms with Crippen LogP contribution in [0.15, 0.2) is 42.7 Å². The summed E-state index contributed by atoms with van der Waals surface area (Å²) in [6.45, 7) is 7.33. The second kappa shape index (κ2) is 10.2. The zero-order chi connectivity index (χ0) is 31.7. The maximum Gasteiger partial charge on any atom is 0.435 e. The van der Waals surface area contributed by atoms with Gasteiger partial charge in [0.25, 0.3) is 5.91 Å². The van der Waals surface area contributed by atoms with Crippen molar-refractivity contribution < 1.29 is 27.9 Å². The number of hydrogen-bond acceptors (Lipinski definition) is 8. The van der Waals surface area contributed by atoms with Crippen molar-refractivity contribution >= 4 is 29.0 Å². The van der Waals surface area contributed by atoms with Gasteiger partial charge in [0, 0.05) is 50.9 Å². The van der Waals surface area contributed by atoms with E-state index in [0.29, 0.717) is 50.6 Å². The van der Waals surface area contributed by atoms with Crippen LogP contribution in [0, 0.1) is 12.3 Å². The van der Waals surface area contributed by atoms with E-state index in [1.165, 1.54) is 16.9 Å². The molecule has 0 bridgehead atoms. The number of pyridine rings is 2. The fourth-order valence-corrected chi connectivity index (χ4v) is 6.94. The number of halogens is 3. The highest BCUT2D eigenvalue weighted by molar-refractivity contribution is 5.91. The van der Waals surface area contributed by atoms with Gasteiger partial charge in [0.1, 0.15) is 5.82 Å². The number of aromatic nitrogens is 6. The Kier molecular flexibility index (Phi) is 6.57. The minimum atomic E-state index is -4.49. The first kappa shape index (κ1) is 29.0. The van der Waals surface area contributed by atoms with Gasteiger partial charge < -0.3 is 19.8 Å². The highest BCUT2D eigenvalue weighted by atomic mass is 19.4. The number of carboxylic acids is 1. The Hall–Kier alpha value is -4.69. The molecule has 3 aliphatic rings. The average Bonchev–Trinajstić information content (AvgIpc) is 3.79. The maximum absolute atomic E-state index is 13.6. The van der Waals surface area contributed by atoms with E-state index >= 15 is 0 Å². The molecule has 15 heteroatoms. The van der Waals surface area contributed by atoms with Gasteiger partial charge in [-0.3, -0.25) is 9.48 Å². The molecule has 3 aliphatic heterocycles. The third-order valence-corrected chi connectivity index (χ3v) is 9.59. The standard InChI is InChI=1S/C30H32F3N9O3/c1-3-29(42-10-7-22(36-42)30(31,32)33)17-40(18-29)20-13-19(2)25-35-24(37-41(25)14-20)26(43)39-12-9-28(16-39)8-11-38(15-28)23-6-4-5-21(34-23)27(44)45/h4-7,10,13-14H,3,8-9,11-12,15-18H2,1-2H3,(H,44,45)/t28-/m1/s1. The van der Waals surface area contributed by atoms with Gasteiger partial charge in [0.15, 0.2) is 17.0 Å². The van der Waals surface area contributed by atoms with Crippen molar-refractivity contribution in [3.05, 3.63) is 65.5 Å². The fraction of sp³-hybridized carbons (Fsp3) is 0.467.